The van der Waals surface area contributed by atoms with Gasteiger partial charge in [0.05, 0.1) is 5.56 Å². The zero-order chi connectivity index (χ0) is 14.5. The fourth-order valence-electron chi connectivity index (χ4n) is 1.95. The van der Waals surface area contributed by atoms with Gasteiger partial charge >= 0.3 is 0 Å². The molecule has 2 N–H and O–H groups in total. The number of nitrogens with two attached hydrogens (primary N) is 1. The quantitative estimate of drug-likeness (QED) is 0.806. The van der Waals surface area contributed by atoms with Gasteiger partial charge < -0.3 is 15.0 Å². The van der Waals surface area contributed by atoms with Crippen molar-refractivity contribution in [3.8, 4) is 11.5 Å². The minimum Gasteiger partial charge on any atom is -0.398 e. The van der Waals surface area contributed by atoms with Crippen molar-refractivity contribution >= 4 is 21.6 Å². The highest BCUT2D eigenvalue weighted by molar-refractivity contribution is 9.10. The van der Waals surface area contributed by atoms with Crippen LogP contribution in [0.25, 0.3) is 11.5 Å². The van der Waals surface area contributed by atoms with E-state index in [4.69, 9.17) is 15.0 Å². The monoisotopic (exact) mass is 339 g/mol. The van der Waals surface area contributed by atoms with E-state index in [1.54, 1.807) is 0 Å². The summed E-state index contributed by atoms with van der Waals surface area (Å²) in [6.45, 7) is 4.67. The van der Waals surface area contributed by atoms with Crippen LogP contribution >= 0.6 is 15.9 Å². The van der Waals surface area contributed by atoms with Crippen LogP contribution in [0.5, 0.6) is 0 Å². The van der Waals surface area contributed by atoms with E-state index in [-0.39, 0.29) is 6.10 Å². The van der Waals surface area contributed by atoms with Crippen molar-refractivity contribution in [1.82, 2.24) is 10.1 Å². The fourth-order valence-corrected chi connectivity index (χ4v) is 2.33. The molecule has 0 aliphatic rings. The van der Waals surface area contributed by atoms with Crippen LogP contribution < -0.4 is 5.73 Å². The molecule has 0 saturated carbocycles. The Hall–Kier alpha value is -1.40. The summed E-state index contributed by atoms with van der Waals surface area (Å²) in [5.74, 6) is 0.997. The molecule has 0 aliphatic carbocycles. The van der Waals surface area contributed by atoms with Crippen molar-refractivity contribution in [2.24, 2.45) is 0 Å². The van der Waals surface area contributed by atoms with Gasteiger partial charge in [0.2, 0.25) is 5.82 Å². The normalized spacial score (nSPS) is 12.6. The van der Waals surface area contributed by atoms with Crippen LogP contribution in [0.3, 0.4) is 0 Å². The number of halogens is 1. The molecule has 1 aromatic heterocycles. The van der Waals surface area contributed by atoms with Crippen LogP contribution in [0.2, 0.25) is 0 Å². The number of aromatic nitrogens is 2. The lowest BCUT2D eigenvalue weighted by atomic mass is 10.2. The molecule has 0 spiro atoms. The fraction of sp³-hybridized carbons (Fsp3) is 0.429. The highest BCUT2D eigenvalue weighted by Gasteiger charge is 2.19. The largest absolute Gasteiger partial charge is 0.398 e. The SMILES string of the molecule is CCCC(OCC)c1noc(-c2ccc(Br)cc2N)n1. The highest BCUT2D eigenvalue weighted by atomic mass is 79.9. The maximum Gasteiger partial charge on any atom is 0.260 e. The maximum atomic E-state index is 5.97. The molecule has 6 heteroatoms. The minimum atomic E-state index is -0.126. The van der Waals surface area contributed by atoms with E-state index in [2.05, 4.69) is 33.0 Å². The molecule has 1 unspecified atom stereocenters. The number of hydrogen-bond acceptors (Lipinski definition) is 5. The molecule has 2 aromatic rings. The van der Waals surface area contributed by atoms with Gasteiger partial charge in [-0.1, -0.05) is 34.4 Å². The number of benzene rings is 1. The molecule has 0 aliphatic heterocycles. The van der Waals surface area contributed by atoms with Crippen molar-refractivity contribution < 1.29 is 9.26 Å². The van der Waals surface area contributed by atoms with Crippen LogP contribution in [0.4, 0.5) is 5.69 Å². The number of ether oxygens (including phenoxy) is 1. The topological polar surface area (TPSA) is 74.2 Å². The number of nitrogen functional groups attached to an aromatic ring is 1. The standard InChI is InChI=1S/C14H18BrN3O2/c1-3-5-12(19-4-2)13-17-14(20-18-13)10-7-6-9(15)8-11(10)16/h6-8,12H,3-5,16H2,1-2H3. The predicted molar refractivity (Wildman–Crippen MR) is 81.1 cm³/mol. The second-order valence-corrected chi connectivity index (χ2v) is 5.34. The third-order valence-electron chi connectivity index (χ3n) is 2.89. The summed E-state index contributed by atoms with van der Waals surface area (Å²) >= 11 is 3.37. The molecule has 0 amide bonds. The molecule has 20 heavy (non-hydrogen) atoms. The number of rotatable bonds is 6. The smallest absolute Gasteiger partial charge is 0.260 e. The van der Waals surface area contributed by atoms with E-state index in [1.807, 2.05) is 25.1 Å². The molecule has 0 bridgehead atoms. The predicted octanol–water partition coefficient (Wildman–Crippen LogP) is 3.96. The molecule has 1 atom stereocenters. The lowest BCUT2D eigenvalue weighted by molar-refractivity contribution is 0.0478. The van der Waals surface area contributed by atoms with Gasteiger partial charge in [-0.15, -0.1) is 0 Å². The van der Waals surface area contributed by atoms with Gasteiger partial charge in [0.1, 0.15) is 6.10 Å². The maximum absolute atomic E-state index is 5.97. The Kier molecular flexibility index (Phi) is 5.14. The van der Waals surface area contributed by atoms with Crippen molar-refractivity contribution in [2.75, 3.05) is 12.3 Å². The number of nitrogens with zero attached hydrogens (tertiary/aromatic N) is 2. The average Bonchev–Trinajstić information content (AvgIpc) is 2.88. The van der Waals surface area contributed by atoms with Crippen LogP contribution in [0.1, 0.15) is 38.6 Å². The first kappa shape index (κ1) is 15.0. The molecule has 5 nitrogen and oxygen atoms in total. The Labute approximate surface area is 126 Å². The highest BCUT2D eigenvalue weighted by Crippen LogP contribution is 2.29. The van der Waals surface area contributed by atoms with Crippen LogP contribution in [-0.2, 0) is 4.74 Å². The van der Waals surface area contributed by atoms with E-state index in [0.717, 1.165) is 22.9 Å². The molecular weight excluding hydrogens is 322 g/mol. The summed E-state index contributed by atoms with van der Waals surface area (Å²) in [5.41, 5.74) is 7.30. The van der Waals surface area contributed by atoms with E-state index >= 15 is 0 Å². The Morgan fingerprint density at radius 1 is 1.40 bits per heavy atom. The van der Waals surface area contributed by atoms with Crippen LogP contribution in [-0.4, -0.2) is 16.7 Å². The average molecular weight is 340 g/mol. The Morgan fingerprint density at radius 3 is 2.85 bits per heavy atom. The molecule has 0 fully saturated rings. The van der Waals surface area contributed by atoms with Gasteiger partial charge in [-0.05, 0) is 31.5 Å². The first-order chi connectivity index (χ1) is 9.65. The minimum absolute atomic E-state index is 0.126. The van der Waals surface area contributed by atoms with Crippen molar-refractivity contribution in [3.63, 3.8) is 0 Å². The van der Waals surface area contributed by atoms with Gasteiger partial charge in [-0.2, -0.15) is 4.98 Å². The second kappa shape index (κ2) is 6.85. The van der Waals surface area contributed by atoms with E-state index in [1.165, 1.54) is 0 Å². The number of anilines is 1. The Bertz CT molecular complexity index is 565. The summed E-state index contributed by atoms with van der Waals surface area (Å²) in [4.78, 5) is 4.41. The first-order valence-corrected chi connectivity index (χ1v) is 7.45. The van der Waals surface area contributed by atoms with Gasteiger partial charge in [0.15, 0.2) is 0 Å². The lowest BCUT2D eigenvalue weighted by Gasteiger charge is -2.11. The third kappa shape index (κ3) is 3.37. The molecule has 0 saturated heterocycles. The zero-order valence-electron chi connectivity index (χ0n) is 11.6. The third-order valence-corrected chi connectivity index (χ3v) is 3.39. The zero-order valence-corrected chi connectivity index (χ0v) is 13.2. The molecule has 2 rings (SSSR count). The first-order valence-electron chi connectivity index (χ1n) is 6.66. The summed E-state index contributed by atoms with van der Waals surface area (Å²) in [6.07, 6.45) is 1.73. The van der Waals surface area contributed by atoms with Gasteiger partial charge in [-0.25, -0.2) is 0 Å². The van der Waals surface area contributed by atoms with Crippen molar-refractivity contribution in [1.29, 1.82) is 0 Å². The Balaban J connectivity index is 2.27. The summed E-state index contributed by atoms with van der Waals surface area (Å²) < 4.78 is 11.9. The van der Waals surface area contributed by atoms with Crippen molar-refractivity contribution in [3.05, 3.63) is 28.5 Å². The Morgan fingerprint density at radius 2 is 2.20 bits per heavy atom. The number of hydrogen-bond donors (Lipinski definition) is 1. The van der Waals surface area contributed by atoms with Gasteiger partial charge in [0, 0.05) is 16.8 Å². The van der Waals surface area contributed by atoms with E-state index in [9.17, 15) is 0 Å². The molecule has 0 radical (unpaired) electrons. The second-order valence-electron chi connectivity index (χ2n) is 4.42. The summed E-state index contributed by atoms with van der Waals surface area (Å²) in [6, 6.07) is 5.55. The molecule has 1 heterocycles. The van der Waals surface area contributed by atoms with E-state index < -0.39 is 0 Å². The molecule has 1 aromatic carbocycles. The molecule has 108 valence electrons. The summed E-state index contributed by atoms with van der Waals surface area (Å²) in [5, 5.41) is 4.02. The van der Waals surface area contributed by atoms with Crippen LogP contribution in [0, 0.1) is 0 Å². The van der Waals surface area contributed by atoms with E-state index in [0.29, 0.717) is 24.0 Å². The molecular formula is C14H18BrN3O2. The van der Waals surface area contributed by atoms with Gasteiger partial charge in [-0.3, -0.25) is 0 Å². The van der Waals surface area contributed by atoms with Gasteiger partial charge in [0.25, 0.3) is 5.89 Å². The van der Waals surface area contributed by atoms with Crippen LogP contribution in [0.15, 0.2) is 27.2 Å². The van der Waals surface area contributed by atoms with Crippen molar-refractivity contribution in [2.45, 2.75) is 32.8 Å². The lowest BCUT2D eigenvalue weighted by Crippen LogP contribution is -2.06. The summed E-state index contributed by atoms with van der Waals surface area (Å²) in [7, 11) is 0.